The summed E-state index contributed by atoms with van der Waals surface area (Å²) in [5.74, 6) is -0.192. The molecule has 0 aromatic rings. The van der Waals surface area contributed by atoms with Gasteiger partial charge in [-0.3, -0.25) is 10.1 Å². The van der Waals surface area contributed by atoms with Gasteiger partial charge in [-0.25, -0.2) is 0 Å². The smallest absolute Gasteiger partial charge is 0.235 e. The van der Waals surface area contributed by atoms with Gasteiger partial charge in [-0.15, -0.1) is 6.58 Å². The molecule has 0 aliphatic carbocycles. The van der Waals surface area contributed by atoms with Crippen molar-refractivity contribution in [2.45, 2.75) is 6.42 Å². The SMILES string of the molecule is C#CNC(=O)CC=C. The Balaban J connectivity index is 3.36. The number of hydrogen-bond donors (Lipinski definition) is 1. The Morgan fingerprint density at radius 3 is 3.00 bits per heavy atom. The lowest BCUT2D eigenvalue weighted by Gasteiger charge is -1.87. The molecule has 0 saturated heterocycles. The molecule has 0 aliphatic heterocycles. The van der Waals surface area contributed by atoms with Crippen LogP contribution in [-0.2, 0) is 4.79 Å². The van der Waals surface area contributed by atoms with Crippen LogP contribution in [-0.4, -0.2) is 5.91 Å². The molecule has 0 aromatic carbocycles. The highest BCUT2D eigenvalue weighted by Gasteiger charge is 1.89. The molecule has 0 fully saturated rings. The third kappa shape index (κ3) is 2.98. The van der Waals surface area contributed by atoms with Gasteiger partial charge >= 0.3 is 0 Å². The van der Waals surface area contributed by atoms with Crippen molar-refractivity contribution in [1.29, 1.82) is 0 Å². The predicted molar refractivity (Wildman–Crippen MR) is 31.8 cm³/mol. The van der Waals surface area contributed by atoms with Crippen LogP contribution in [0.5, 0.6) is 0 Å². The van der Waals surface area contributed by atoms with Crippen molar-refractivity contribution in [2.24, 2.45) is 0 Å². The maximum absolute atomic E-state index is 10.3. The molecule has 1 N–H and O–H groups in total. The van der Waals surface area contributed by atoms with Crippen LogP contribution in [0.1, 0.15) is 6.42 Å². The first-order valence-electron chi connectivity index (χ1n) is 2.16. The first-order valence-corrected chi connectivity index (χ1v) is 2.16. The summed E-state index contributed by atoms with van der Waals surface area (Å²) in [6.45, 7) is 3.35. The normalized spacial score (nSPS) is 6.88. The van der Waals surface area contributed by atoms with E-state index < -0.39 is 0 Å². The standard InChI is InChI=1S/C6H7NO/c1-3-5-6(8)7-4-2/h2-3H,1,5H2,(H,7,8). The van der Waals surface area contributed by atoms with Gasteiger partial charge < -0.3 is 0 Å². The Hall–Kier alpha value is -1.23. The summed E-state index contributed by atoms with van der Waals surface area (Å²) >= 11 is 0. The summed E-state index contributed by atoms with van der Waals surface area (Å²) < 4.78 is 0. The van der Waals surface area contributed by atoms with Gasteiger partial charge in [0, 0.05) is 12.5 Å². The maximum Gasteiger partial charge on any atom is 0.235 e. The van der Waals surface area contributed by atoms with E-state index in [1.807, 2.05) is 6.04 Å². The third-order valence-corrected chi connectivity index (χ3v) is 0.541. The Morgan fingerprint density at radius 1 is 2.00 bits per heavy atom. The zero-order valence-corrected chi connectivity index (χ0v) is 4.48. The van der Waals surface area contributed by atoms with E-state index in [9.17, 15) is 4.79 Å². The number of nitrogens with one attached hydrogen (secondary N) is 1. The number of carbonyl (C=O) groups is 1. The molecule has 0 aromatic heterocycles. The fourth-order valence-corrected chi connectivity index (χ4v) is 0.263. The van der Waals surface area contributed by atoms with E-state index in [2.05, 4.69) is 11.9 Å². The Morgan fingerprint density at radius 2 is 2.62 bits per heavy atom. The molecule has 0 radical (unpaired) electrons. The van der Waals surface area contributed by atoms with E-state index in [0.29, 0.717) is 0 Å². The highest BCUT2D eigenvalue weighted by atomic mass is 16.1. The molecule has 0 aliphatic rings. The second kappa shape index (κ2) is 3.94. The summed E-state index contributed by atoms with van der Waals surface area (Å²) in [6.07, 6.45) is 6.52. The van der Waals surface area contributed by atoms with Gasteiger partial charge in [0.1, 0.15) is 0 Å². The zero-order chi connectivity index (χ0) is 6.41. The lowest BCUT2D eigenvalue weighted by atomic mass is 10.4. The largest absolute Gasteiger partial charge is 0.285 e. The van der Waals surface area contributed by atoms with Crippen LogP contribution in [0.4, 0.5) is 0 Å². The molecule has 0 bridgehead atoms. The lowest BCUT2D eigenvalue weighted by Crippen LogP contribution is -2.15. The van der Waals surface area contributed by atoms with Crippen LogP contribution in [0, 0.1) is 12.5 Å². The van der Waals surface area contributed by atoms with Crippen molar-refractivity contribution in [2.75, 3.05) is 0 Å². The third-order valence-electron chi connectivity index (χ3n) is 0.541. The van der Waals surface area contributed by atoms with E-state index in [4.69, 9.17) is 6.42 Å². The molecular formula is C6H7NO. The fraction of sp³-hybridized carbons (Fsp3) is 0.167. The highest BCUT2D eigenvalue weighted by Crippen LogP contribution is 1.75. The average Bonchev–Trinajstić information content (AvgIpc) is 1.68. The molecule has 0 heterocycles. The molecule has 0 spiro atoms. The van der Waals surface area contributed by atoms with Gasteiger partial charge in [0.25, 0.3) is 0 Å². The second-order valence-electron chi connectivity index (χ2n) is 1.19. The minimum Gasteiger partial charge on any atom is -0.285 e. The van der Waals surface area contributed by atoms with Crippen LogP contribution in [0.15, 0.2) is 12.7 Å². The Bertz CT molecular complexity index is 132. The first-order chi connectivity index (χ1) is 3.81. The predicted octanol–water partition coefficient (Wildman–Crippen LogP) is 0.269. The molecule has 8 heavy (non-hydrogen) atoms. The van der Waals surface area contributed by atoms with Crippen LogP contribution in [0.25, 0.3) is 0 Å². The van der Waals surface area contributed by atoms with Gasteiger partial charge in [-0.1, -0.05) is 12.5 Å². The molecule has 0 atom stereocenters. The van der Waals surface area contributed by atoms with E-state index in [-0.39, 0.29) is 12.3 Å². The maximum atomic E-state index is 10.3. The van der Waals surface area contributed by atoms with E-state index in [1.54, 1.807) is 0 Å². The monoisotopic (exact) mass is 109 g/mol. The molecule has 2 nitrogen and oxygen atoms in total. The van der Waals surface area contributed by atoms with Crippen LogP contribution < -0.4 is 5.32 Å². The Labute approximate surface area is 48.6 Å². The lowest BCUT2D eigenvalue weighted by molar-refractivity contribution is -0.119. The van der Waals surface area contributed by atoms with Crippen molar-refractivity contribution >= 4 is 5.91 Å². The molecule has 2 heteroatoms. The summed E-state index contributed by atoms with van der Waals surface area (Å²) in [5.41, 5.74) is 0. The molecule has 1 amide bonds. The van der Waals surface area contributed by atoms with Gasteiger partial charge in [-0.2, -0.15) is 0 Å². The summed E-state index contributed by atoms with van der Waals surface area (Å²) in [4.78, 5) is 10.3. The number of rotatable bonds is 2. The minimum absolute atomic E-state index is 0.192. The van der Waals surface area contributed by atoms with Gasteiger partial charge in [-0.05, 0) is 0 Å². The van der Waals surface area contributed by atoms with E-state index in [0.717, 1.165) is 0 Å². The minimum atomic E-state index is -0.192. The molecule has 0 saturated carbocycles. The van der Waals surface area contributed by atoms with Gasteiger partial charge in [0.05, 0.1) is 0 Å². The van der Waals surface area contributed by atoms with Gasteiger partial charge in [0.15, 0.2) is 0 Å². The first kappa shape index (κ1) is 6.77. The summed E-state index contributed by atoms with van der Waals surface area (Å²) in [7, 11) is 0. The summed E-state index contributed by atoms with van der Waals surface area (Å²) in [6, 6.07) is 2.00. The number of amides is 1. The number of hydrogen-bond acceptors (Lipinski definition) is 1. The number of terminal acetylenes is 1. The van der Waals surface area contributed by atoms with Crippen molar-refractivity contribution in [3.05, 3.63) is 12.7 Å². The topological polar surface area (TPSA) is 29.1 Å². The van der Waals surface area contributed by atoms with E-state index in [1.165, 1.54) is 6.08 Å². The van der Waals surface area contributed by atoms with Crippen LogP contribution in [0.3, 0.4) is 0 Å². The highest BCUT2D eigenvalue weighted by molar-refractivity contribution is 5.78. The van der Waals surface area contributed by atoms with Crippen molar-refractivity contribution < 1.29 is 4.79 Å². The summed E-state index contributed by atoms with van der Waals surface area (Å²) in [5, 5.41) is 2.16. The Kier molecular flexibility index (Phi) is 3.34. The molecule has 0 unspecified atom stereocenters. The van der Waals surface area contributed by atoms with Crippen LogP contribution >= 0.6 is 0 Å². The van der Waals surface area contributed by atoms with Crippen molar-refractivity contribution in [3.8, 4) is 12.5 Å². The zero-order valence-electron chi connectivity index (χ0n) is 4.48. The number of carbonyl (C=O) groups excluding carboxylic acids is 1. The van der Waals surface area contributed by atoms with Crippen LogP contribution in [0.2, 0.25) is 0 Å². The fourth-order valence-electron chi connectivity index (χ4n) is 0.263. The molecular weight excluding hydrogens is 102 g/mol. The van der Waals surface area contributed by atoms with E-state index >= 15 is 0 Å². The quantitative estimate of drug-likeness (QED) is 0.308. The van der Waals surface area contributed by atoms with Gasteiger partial charge in [0.2, 0.25) is 5.91 Å². The van der Waals surface area contributed by atoms with Crippen molar-refractivity contribution in [3.63, 3.8) is 0 Å². The average molecular weight is 109 g/mol. The second-order valence-corrected chi connectivity index (χ2v) is 1.19. The molecule has 42 valence electrons. The molecule has 0 rings (SSSR count). The van der Waals surface area contributed by atoms with Crippen molar-refractivity contribution in [1.82, 2.24) is 5.32 Å².